The summed E-state index contributed by atoms with van der Waals surface area (Å²) in [4.78, 5) is 16.4. The van der Waals surface area contributed by atoms with E-state index in [1.807, 2.05) is 0 Å². The van der Waals surface area contributed by atoms with Crippen molar-refractivity contribution in [2.45, 2.75) is 26.1 Å². The van der Waals surface area contributed by atoms with E-state index >= 15 is 0 Å². The maximum absolute atomic E-state index is 13.0. The minimum atomic E-state index is -4.62. The van der Waals surface area contributed by atoms with Crippen LogP contribution in [0.4, 0.5) is 19.0 Å². The fourth-order valence-electron chi connectivity index (χ4n) is 2.46. The first-order valence-corrected chi connectivity index (χ1v) is 8.56. The zero-order chi connectivity index (χ0) is 19.8. The zero-order valence-electron chi connectivity index (χ0n) is 14.2. The minimum Gasteiger partial charge on any atom is -0.307 e. The normalized spacial score (nSPS) is 12.8. The maximum atomic E-state index is 13.0. The molecule has 0 aromatic carbocycles. The zero-order valence-corrected chi connectivity index (χ0v) is 15.8. The Balaban J connectivity index is 1.78. The highest BCUT2D eigenvalue weighted by Gasteiger charge is 2.39. The highest BCUT2D eigenvalue weighted by atomic mass is 79.9. The maximum Gasteiger partial charge on any atom is 0.436 e. The van der Waals surface area contributed by atoms with E-state index in [4.69, 9.17) is 0 Å². The lowest BCUT2D eigenvalue weighted by molar-refractivity contribution is -0.142. The van der Waals surface area contributed by atoms with Gasteiger partial charge in [0.2, 0.25) is 5.91 Å². The van der Waals surface area contributed by atoms with Gasteiger partial charge in [-0.2, -0.15) is 23.4 Å². The molecule has 11 heteroatoms. The number of carbonyl (C=O) groups is 1. The first kappa shape index (κ1) is 19.1. The number of rotatable bonds is 4. The molecular weight excluding hydrogens is 429 g/mol. The third-order valence-corrected chi connectivity index (χ3v) is 4.86. The van der Waals surface area contributed by atoms with Gasteiger partial charge in [0, 0.05) is 24.0 Å². The van der Waals surface area contributed by atoms with Gasteiger partial charge in [-0.05, 0) is 41.9 Å². The number of aromatic amines is 1. The Labute approximate surface area is 160 Å². The van der Waals surface area contributed by atoms with Crippen LogP contribution in [0.3, 0.4) is 0 Å². The molecule has 3 aromatic rings. The van der Waals surface area contributed by atoms with E-state index in [2.05, 4.69) is 41.5 Å². The predicted molar refractivity (Wildman–Crippen MR) is 94.8 cm³/mol. The number of amides is 1. The van der Waals surface area contributed by atoms with Gasteiger partial charge in [0.15, 0.2) is 11.5 Å². The molecule has 0 fully saturated rings. The van der Waals surface area contributed by atoms with E-state index in [0.717, 1.165) is 10.2 Å². The molecule has 0 aliphatic heterocycles. The molecule has 2 N–H and O–H groups in total. The molecule has 0 spiro atoms. The van der Waals surface area contributed by atoms with Crippen molar-refractivity contribution in [2.75, 3.05) is 5.32 Å². The lowest BCUT2D eigenvalue weighted by Gasteiger charge is -2.13. The van der Waals surface area contributed by atoms with E-state index in [0.29, 0.717) is 5.69 Å². The van der Waals surface area contributed by atoms with Crippen LogP contribution in [-0.2, 0) is 11.0 Å². The standard InChI is InChI=1S/C16H14BrF3N6O/c1-8-13(17)14(16(18,19)20)25-26(8)9(2)15(27)22-12-7-11(23-24-12)10-3-5-21-6-4-10/h3-7,9H,1-2H3,(H2,22,23,24,27)/t9-/m0/s1. The molecule has 1 atom stereocenters. The Hall–Kier alpha value is -2.69. The number of hydrogen-bond donors (Lipinski definition) is 2. The smallest absolute Gasteiger partial charge is 0.307 e. The summed E-state index contributed by atoms with van der Waals surface area (Å²) in [6.07, 6.45) is -1.38. The molecule has 142 valence electrons. The van der Waals surface area contributed by atoms with Crippen LogP contribution in [0.25, 0.3) is 11.3 Å². The Morgan fingerprint density at radius 2 is 2.00 bits per heavy atom. The number of alkyl halides is 3. The molecule has 0 aliphatic carbocycles. The average molecular weight is 443 g/mol. The van der Waals surface area contributed by atoms with Crippen LogP contribution in [0, 0.1) is 6.92 Å². The Bertz CT molecular complexity index is 966. The summed E-state index contributed by atoms with van der Waals surface area (Å²) in [5, 5.41) is 12.9. The molecule has 0 unspecified atom stereocenters. The molecule has 27 heavy (non-hydrogen) atoms. The number of nitrogens with one attached hydrogen (secondary N) is 2. The largest absolute Gasteiger partial charge is 0.436 e. The Morgan fingerprint density at radius 1 is 1.33 bits per heavy atom. The van der Waals surface area contributed by atoms with Crippen molar-refractivity contribution in [3.8, 4) is 11.3 Å². The minimum absolute atomic E-state index is 0.186. The molecule has 3 aromatic heterocycles. The van der Waals surface area contributed by atoms with Crippen LogP contribution in [0.5, 0.6) is 0 Å². The number of anilines is 1. The van der Waals surface area contributed by atoms with E-state index < -0.39 is 23.8 Å². The SMILES string of the molecule is Cc1c(Br)c(C(F)(F)F)nn1[C@@H](C)C(=O)Nc1cc(-c2ccncc2)[nH]n1. The second-order valence-electron chi connectivity index (χ2n) is 5.76. The number of aromatic nitrogens is 5. The summed E-state index contributed by atoms with van der Waals surface area (Å²) >= 11 is 2.89. The monoisotopic (exact) mass is 442 g/mol. The number of nitrogens with zero attached hydrogens (tertiary/aromatic N) is 4. The number of hydrogen-bond acceptors (Lipinski definition) is 4. The molecule has 0 aliphatic rings. The Kier molecular flexibility index (Phi) is 5.05. The van der Waals surface area contributed by atoms with Gasteiger partial charge in [-0.1, -0.05) is 0 Å². The van der Waals surface area contributed by atoms with Crippen LogP contribution < -0.4 is 5.32 Å². The van der Waals surface area contributed by atoms with Gasteiger partial charge in [-0.25, -0.2) is 0 Å². The molecule has 0 saturated heterocycles. The van der Waals surface area contributed by atoms with Crippen molar-refractivity contribution < 1.29 is 18.0 Å². The molecule has 0 bridgehead atoms. The fourth-order valence-corrected chi connectivity index (χ4v) is 2.95. The lowest BCUT2D eigenvalue weighted by Crippen LogP contribution is -2.25. The van der Waals surface area contributed by atoms with Crippen molar-refractivity contribution in [3.63, 3.8) is 0 Å². The van der Waals surface area contributed by atoms with Gasteiger partial charge in [0.1, 0.15) is 6.04 Å². The highest BCUT2D eigenvalue weighted by molar-refractivity contribution is 9.10. The van der Waals surface area contributed by atoms with Gasteiger partial charge in [-0.3, -0.25) is 19.6 Å². The predicted octanol–water partition coefficient (Wildman–Crippen LogP) is 3.96. The average Bonchev–Trinajstić information content (AvgIpc) is 3.20. The molecule has 0 saturated carbocycles. The second-order valence-corrected chi connectivity index (χ2v) is 6.55. The molecule has 3 heterocycles. The van der Waals surface area contributed by atoms with Crippen molar-refractivity contribution in [1.82, 2.24) is 25.0 Å². The van der Waals surface area contributed by atoms with Gasteiger partial charge >= 0.3 is 6.18 Å². The topological polar surface area (TPSA) is 88.5 Å². The summed E-state index contributed by atoms with van der Waals surface area (Å²) in [6.45, 7) is 2.91. The van der Waals surface area contributed by atoms with Crippen LogP contribution >= 0.6 is 15.9 Å². The highest BCUT2D eigenvalue weighted by Crippen LogP contribution is 2.36. The van der Waals surface area contributed by atoms with Crippen molar-refractivity contribution in [1.29, 1.82) is 0 Å². The van der Waals surface area contributed by atoms with Crippen molar-refractivity contribution >= 4 is 27.7 Å². The number of carbonyl (C=O) groups excluding carboxylic acids is 1. The van der Waals surface area contributed by atoms with E-state index in [1.165, 1.54) is 13.8 Å². The van der Waals surface area contributed by atoms with Gasteiger partial charge in [0.25, 0.3) is 0 Å². The third-order valence-electron chi connectivity index (χ3n) is 3.91. The molecule has 1 amide bonds. The van der Waals surface area contributed by atoms with Crippen molar-refractivity contribution in [3.05, 3.63) is 46.5 Å². The first-order chi connectivity index (χ1) is 12.7. The Morgan fingerprint density at radius 3 is 2.59 bits per heavy atom. The quantitative estimate of drug-likeness (QED) is 0.639. The van der Waals surface area contributed by atoms with Crippen molar-refractivity contribution in [2.24, 2.45) is 0 Å². The molecular formula is C16H14BrF3N6O. The van der Waals surface area contributed by atoms with E-state index in [1.54, 1.807) is 30.6 Å². The fraction of sp³-hybridized carbons (Fsp3) is 0.250. The van der Waals surface area contributed by atoms with Gasteiger partial charge in [0.05, 0.1) is 15.9 Å². The summed E-state index contributed by atoms with van der Waals surface area (Å²) in [5.41, 5.74) is 0.620. The summed E-state index contributed by atoms with van der Waals surface area (Å²) < 4.78 is 39.8. The van der Waals surface area contributed by atoms with Crippen LogP contribution in [0.15, 0.2) is 35.1 Å². The summed E-state index contributed by atoms with van der Waals surface area (Å²) in [5.74, 6) is -0.298. The van der Waals surface area contributed by atoms with Crippen LogP contribution in [-0.4, -0.2) is 30.9 Å². The number of pyridine rings is 1. The second kappa shape index (κ2) is 7.14. The number of H-pyrrole nitrogens is 1. The summed E-state index contributed by atoms with van der Waals surface area (Å²) in [6, 6.07) is 4.18. The van der Waals surface area contributed by atoms with E-state index in [9.17, 15) is 18.0 Å². The summed E-state index contributed by atoms with van der Waals surface area (Å²) in [7, 11) is 0. The van der Waals surface area contributed by atoms with E-state index in [-0.39, 0.29) is 16.0 Å². The molecule has 0 radical (unpaired) electrons. The van der Waals surface area contributed by atoms with Gasteiger partial charge < -0.3 is 5.32 Å². The molecule has 3 rings (SSSR count). The third kappa shape index (κ3) is 3.87. The first-order valence-electron chi connectivity index (χ1n) is 7.77. The van der Waals surface area contributed by atoms with Crippen LogP contribution in [0.1, 0.15) is 24.4 Å². The van der Waals surface area contributed by atoms with Crippen LogP contribution in [0.2, 0.25) is 0 Å². The lowest BCUT2D eigenvalue weighted by atomic mass is 10.2. The van der Waals surface area contributed by atoms with Gasteiger partial charge in [-0.15, -0.1) is 0 Å². The number of halogens is 4. The molecule has 7 nitrogen and oxygen atoms in total.